The smallest absolute Gasteiger partial charge is 0.127 e. The summed E-state index contributed by atoms with van der Waals surface area (Å²) in [7, 11) is 0. The summed E-state index contributed by atoms with van der Waals surface area (Å²) in [6.07, 6.45) is 8.87. The first-order chi connectivity index (χ1) is 10.1. The molecule has 2 saturated carbocycles. The molecule has 2 aliphatic carbocycles. The molecule has 4 unspecified atom stereocenters. The van der Waals surface area contributed by atoms with Gasteiger partial charge in [-0.1, -0.05) is 43.4 Å². The van der Waals surface area contributed by atoms with Crippen molar-refractivity contribution >= 4 is 11.6 Å². The minimum atomic E-state index is -0.427. The molecule has 0 heterocycles. The Kier molecular flexibility index (Phi) is 4.85. The van der Waals surface area contributed by atoms with Gasteiger partial charge in [0.05, 0.1) is 6.10 Å². The second-order valence-corrected chi connectivity index (χ2v) is 7.32. The molecule has 0 radical (unpaired) electrons. The van der Waals surface area contributed by atoms with Crippen molar-refractivity contribution in [3.05, 3.63) is 34.6 Å². The van der Waals surface area contributed by atoms with Crippen molar-refractivity contribution in [1.29, 1.82) is 0 Å². The van der Waals surface area contributed by atoms with E-state index in [0.29, 0.717) is 22.9 Å². The van der Waals surface area contributed by atoms with E-state index in [0.717, 1.165) is 24.7 Å². The second kappa shape index (κ2) is 6.66. The lowest BCUT2D eigenvalue weighted by atomic mass is 9.66. The van der Waals surface area contributed by atoms with Gasteiger partial charge in [-0.25, -0.2) is 4.39 Å². The van der Waals surface area contributed by atoms with Crippen LogP contribution in [-0.2, 0) is 6.42 Å². The summed E-state index contributed by atoms with van der Waals surface area (Å²) in [6.45, 7) is 0. The lowest BCUT2D eigenvalue weighted by Crippen LogP contribution is -2.34. The van der Waals surface area contributed by atoms with Crippen LogP contribution in [0.25, 0.3) is 0 Å². The number of benzene rings is 1. The van der Waals surface area contributed by atoms with Crippen molar-refractivity contribution in [1.82, 2.24) is 0 Å². The van der Waals surface area contributed by atoms with Crippen LogP contribution in [0.4, 0.5) is 4.39 Å². The number of hydrogen-bond donors (Lipinski definition) is 1. The van der Waals surface area contributed by atoms with Crippen LogP contribution >= 0.6 is 11.6 Å². The molecule has 0 amide bonds. The predicted octanol–water partition coefficient (Wildman–Crippen LogP) is 4.99. The molecule has 0 aliphatic heterocycles. The lowest BCUT2D eigenvalue weighted by molar-refractivity contribution is 0.0356. The average Bonchev–Trinajstić information content (AvgIpc) is 2.49. The van der Waals surface area contributed by atoms with Crippen LogP contribution in [0.1, 0.15) is 50.5 Å². The monoisotopic (exact) mass is 310 g/mol. The van der Waals surface area contributed by atoms with Crippen LogP contribution in [0.2, 0.25) is 5.02 Å². The highest BCUT2D eigenvalue weighted by atomic mass is 35.5. The Morgan fingerprint density at radius 1 is 1.14 bits per heavy atom. The molecule has 3 rings (SSSR count). The van der Waals surface area contributed by atoms with E-state index in [1.165, 1.54) is 38.2 Å². The molecule has 1 N–H and O–H groups in total. The standard InChI is InChI=1S/C18H24ClFO/c19-16-8-7-14(17(20)11-16)10-18(21)15-6-5-12-3-1-2-4-13(12)9-15/h7-8,11-13,15,18,21H,1-6,9-10H2. The van der Waals surface area contributed by atoms with Crippen LogP contribution in [0.15, 0.2) is 18.2 Å². The molecule has 116 valence electrons. The maximum absolute atomic E-state index is 13.9. The van der Waals surface area contributed by atoms with Gasteiger partial charge in [-0.15, -0.1) is 0 Å². The Balaban J connectivity index is 1.61. The highest BCUT2D eigenvalue weighted by Crippen LogP contribution is 2.43. The summed E-state index contributed by atoms with van der Waals surface area (Å²) in [5, 5.41) is 10.9. The van der Waals surface area contributed by atoms with Gasteiger partial charge in [0.2, 0.25) is 0 Å². The number of halogens is 2. The summed E-state index contributed by atoms with van der Waals surface area (Å²) in [6, 6.07) is 4.74. The van der Waals surface area contributed by atoms with Gasteiger partial charge >= 0.3 is 0 Å². The summed E-state index contributed by atoms with van der Waals surface area (Å²) >= 11 is 5.78. The van der Waals surface area contributed by atoms with Gasteiger partial charge in [-0.05, 0) is 54.7 Å². The fourth-order valence-corrected chi connectivity index (χ4v) is 4.50. The van der Waals surface area contributed by atoms with Crippen LogP contribution in [-0.4, -0.2) is 11.2 Å². The molecule has 0 aromatic heterocycles. The van der Waals surface area contributed by atoms with E-state index in [1.807, 2.05) is 0 Å². The Labute approximate surface area is 131 Å². The van der Waals surface area contributed by atoms with Gasteiger partial charge < -0.3 is 5.11 Å². The van der Waals surface area contributed by atoms with E-state index in [9.17, 15) is 9.50 Å². The summed E-state index contributed by atoms with van der Waals surface area (Å²) < 4.78 is 13.9. The first kappa shape index (κ1) is 15.3. The fraction of sp³-hybridized carbons (Fsp3) is 0.667. The molecule has 1 aromatic carbocycles. The van der Waals surface area contributed by atoms with E-state index in [-0.39, 0.29) is 5.82 Å². The molecule has 2 fully saturated rings. The summed E-state index contributed by atoms with van der Waals surface area (Å²) in [4.78, 5) is 0. The van der Waals surface area contributed by atoms with Crippen molar-refractivity contribution in [2.45, 2.75) is 57.5 Å². The number of rotatable bonds is 3. The van der Waals surface area contributed by atoms with E-state index in [4.69, 9.17) is 11.6 Å². The predicted molar refractivity (Wildman–Crippen MR) is 83.9 cm³/mol. The van der Waals surface area contributed by atoms with E-state index >= 15 is 0 Å². The zero-order chi connectivity index (χ0) is 14.8. The first-order valence-electron chi connectivity index (χ1n) is 8.25. The quantitative estimate of drug-likeness (QED) is 0.834. The zero-order valence-electron chi connectivity index (χ0n) is 12.4. The molecule has 21 heavy (non-hydrogen) atoms. The Morgan fingerprint density at radius 2 is 1.90 bits per heavy atom. The largest absolute Gasteiger partial charge is 0.392 e. The van der Waals surface area contributed by atoms with Gasteiger partial charge in [-0.2, -0.15) is 0 Å². The first-order valence-corrected chi connectivity index (χ1v) is 8.63. The molecular formula is C18H24ClFO. The average molecular weight is 311 g/mol. The van der Waals surface area contributed by atoms with E-state index in [2.05, 4.69) is 0 Å². The maximum Gasteiger partial charge on any atom is 0.127 e. The van der Waals surface area contributed by atoms with Gasteiger partial charge in [0.1, 0.15) is 5.82 Å². The topological polar surface area (TPSA) is 20.2 Å². The maximum atomic E-state index is 13.9. The molecule has 0 bridgehead atoms. The minimum Gasteiger partial charge on any atom is -0.392 e. The third-order valence-electron chi connectivity index (χ3n) is 5.57. The highest BCUT2D eigenvalue weighted by Gasteiger charge is 2.35. The SMILES string of the molecule is OC(Cc1ccc(Cl)cc1F)C1CCC2CCCCC2C1. The molecule has 3 heteroatoms. The third-order valence-corrected chi connectivity index (χ3v) is 5.80. The lowest BCUT2D eigenvalue weighted by Gasteiger charge is -2.40. The van der Waals surface area contributed by atoms with Gasteiger partial charge in [-0.3, -0.25) is 0 Å². The van der Waals surface area contributed by atoms with Crippen LogP contribution < -0.4 is 0 Å². The number of fused-ring (bicyclic) bond motifs is 1. The van der Waals surface area contributed by atoms with Crippen LogP contribution in [0.5, 0.6) is 0 Å². The van der Waals surface area contributed by atoms with Crippen molar-refractivity contribution in [3.63, 3.8) is 0 Å². The Morgan fingerprint density at radius 3 is 2.67 bits per heavy atom. The van der Waals surface area contributed by atoms with Crippen molar-refractivity contribution in [2.24, 2.45) is 17.8 Å². The number of hydrogen-bond acceptors (Lipinski definition) is 1. The Bertz CT molecular complexity index is 490. The third kappa shape index (κ3) is 3.60. The molecule has 0 spiro atoms. The van der Waals surface area contributed by atoms with E-state index < -0.39 is 6.10 Å². The van der Waals surface area contributed by atoms with Crippen molar-refractivity contribution in [3.8, 4) is 0 Å². The minimum absolute atomic E-state index is 0.298. The molecule has 1 aromatic rings. The molecule has 2 aliphatic rings. The zero-order valence-corrected chi connectivity index (χ0v) is 13.2. The van der Waals surface area contributed by atoms with Gasteiger partial charge in [0.25, 0.3) is 0 Å². The van der Waals surface area contributed by atoms with Gasteiger partial charge in [0.15, 0.2) is 0 Å². The normalized spacial score (nSPS) is 30.7. The molecule has 0 saturated heterocycles. The molecule has 4 atom stereocenters. The van der Waals surface area contributed by atoms with Gasteiger partial charge in [0, 0.05) is 11.4 Å². The van der Waals surface area contributed by atoms with Crippen molar-refractivity contribution < 1.29 is 9.50 Å². The van der Waals surface area contributed by atoms with Crippen molar-refractivity contribution in [2.75, 3.05) is 0 Å². The molecule has 1 nitrogen and oxygen atoms in total. The van der Waals surface area contributed by atoms with Crippen LogP contribution in [0.3, 0.4) is 0 Å². The molecular weight excluding hydrogens is 287 g/mol. The number of aliphatic hydroxyl groups is 1. The fourth-order valence-electron chi connectivity index (χ4n) is 4.34. The highest BCUT2D eigenvalue weighted by molar-refractivity contribution is 6.30. The second-order valence-electron chi connectivity index (χ2n) is 6.88. The number of aliphatic hydroxyl groups excluding tert-OH is 1. The summed E-state index contributed by atoms with van der Waals surface area (Å²) in [5.74, 6) is 1.71. The summed E-state index contributed by atoms with van der Waals surface area (Å²) in [5.41, 5.74) is 0.581. The van der Waals surface area contributed by atoms with E-state index in [1.54, 1.807) is 12.1 Å². The van der Waals surface area contributed by atoms with Crippen LogP contribution in [0, 0.1) is 23.6 Å². The Hall–Kier alpha value is -0.600.